The average molecular weight is 338 g/mol. The number of carbonyl (C=O) groups is 4. The van der Waals surface area contributed by atoms with Crippen LogP contribution in [0.2, 0.25) is 5.02 Å². The van der Waals surface area contributed by atoms with Gasteiger partial charge in [0.2, 0.25) is 5.91 Å². The van der Waals surface area contributed by atoms with Gasteiger partial charge in [-0.2, -0.15) is 0 Å². The quantitative estimate of drug-likeness (QED) is 0.669. The molecule has 23 heavy (non-hydrogen) atoms. The lowest BCUT2D eigenvalue weighted by molar-refractivity contribution is -0.143. The van der Waals surface area contributed by atoms with Crippen molar-refractivity contribution in [2.75, 3.05) is 18.4 Å². The van der Waals surface area contributed by atoms with E-state index in [1.807, 2.05) is 13.0 Å². The van der Waals surface area contributed by atoms with E-state index in [2.05, 4.69) is 5.32 Å². The van der Waals surface area contributed by atoms with Crippen molar-refractivity contribution >= 4 is 41.0 Å². The summed E-state index contributed by atoms with van der Waals surface area (Å²) in [6, 6.07) is 2.75. The number of rotatable bonds is 4. The van der Waals surface area contributed by atoms with E-state index in [4.69, 9.17) is 11.6 Å². The third-order valence-electron chi connectivity index (χ3n) is 3.45. The topological polar surface area (TPSA) is 86.8 Å². The number of carbonyl (C=O) groups excluding carboxylic acids is 4. The first-order valence-electron chi connectivity index (χ1n) is 7.00. The second-order valence-corrected chi connectivity index (χ2v) is 5.62. The van der Waals surface area contributed by atoms with Crippen LogP contribution in [0.5, 0.6) is 0 Å². The molecule has 0 atom stereocenters. The molecule has 0 spiro atoms. The molecule has 0 saturated carbocycles. The fourth-order valence-electron chi connectivity index (χ4n) is 2.37. The number of nitrogens with zero attached hydrogens (tertiary/aromatic N) is 2. The fraction of sp³-hybridized carbons (Fsp3) is 0.333. The Hall–Kier alpha value is -2.41. The van der Waals surface area contributed by atoms with Gasteiger partial charge in [0, 0.05) is 6.54 Å². The molecule has 122 valence electrons. The minimum atomic E-state index is -1.00. The second-order valence-electron chi connectivity index (χ2n) is 5.21. The molecular weight excluding hydrogens is 322 g/mol. The second kappa shape index (κ2) is 6.37. The van der Waals surface area contributed by atoms with Crippen molar-refractivity contribution in [1.29, 1.82) is 0 Å². The zero-order valence-corrected chi connectivity index (χ0v) is 13.7. The van der Waals surface area contributed by atoms with Crippen LogP contribution in [-0.2, 0) is 14.4 Å². The van der Waals surface area contributed by atoms with Gasteiger partial charge in [0.15, 0.2) is 0 Å². The molecule has 1 aliphatic heterocycles. The monoisotopic (exact) mass is 337 g/mol. The van der Waals surface area contributed by atoms with E-state index in [9.17, 15) is 19.2 Å². The summed E-state index contributed by atoms with van der Waals surface area (Å²) in [6.07, 6.45) is 0. The molecule has 1 aromatic rings. The van der Waals surface area contributed by atoms with Gasteiger partial charge in [-0.05, 0) is 38.0 Å². The number of aryl methyl sites for hydroxylation is 2. The van der Waals surface area contributed by atoms with Gasteiger partial charge in [-0.1, -0.05) is 17.7 Å². The molecule has 0 bridgehead atoms. The third kappa shape index (κ3) is 3.19. The molecule has 1 N–H and O–H groups in total. The number of hydrogen-bond donors (Lipinski definition) is 1. The van der Waals surface area contributed by atoms with Crippen molar-refractivity contribution in [3.05, 3.63) is 28.3 Å². The number of likely N-dealkylation sites (N-methyl/N-ethyl adjacent to an activating group) is 1. The molecule has 7 nitrogen and oxygen atoms in total. The van der Waals surface area contributed by atoms with Crippen molar-refractivity contribution in [1.82, 2.24) is 9.80 Å². The number of halogens is 1. The van der Waals surface area contributed by atoms with E-state index in [1.54, 1.807) is 19.9 Å². The standard InChI is InChI=1S/C15H16ClN3O4/c1-4-18-13(21)14(22)19(15(18)23)7-11(20)17-12-9(3)5-8(2)6-10(12)16/h5-6H,4,7H2,1-3H3,(H,17,20). The third-order valence-corrected chi connectivity index (χ3v) is 3.75. The van der Waals surface area contributed by atoms with Crippen molar-refractivity contribution in [2.24, 2.45) is 0 Å². The average Bonchev–Trinajstić information content (AvgIpc) is 2.66. The summed E-state index contributed by atoms with van der Waals surface area (Å²) >= 11 is 6.10. The SMILES string of the molecule is CCN1C(=O)C(=O)N(CC(=O)Nc2c(C)cc(C)cc2Cl)C1=O. The smallest absolute Gasteiger partial charge is 0.323 e. The summed E-state index contributed by atoms with van der Waals surface area (Å²) in [5, 5.41) is 2.94. The molecule has 5 amide bonds. The van der Waals surface area contributed by atoms with Gasteiger partial charge in [-0.3, -0.25) is 19.3 Å². The van der Waals surface area contributed by atoms with Crippen molar-refractivity contribution in [3.8, 4) is 0 Å². The van der Waals surface area contributed by atoms with Crippen LogP contribution < -0.4 is 5.32 Å². The Balaban J connectivity index is 2.13. The van der Waals surface area contributed by atoms with Crippen LogP contribution in [0, 0.1) is 13.8 Å². The number of amides is 5. The lowest BCUT2D eigenvalue weighted by Gasteiger charge is -2.15. The van der Waals surface area contributed by atoms with Crippen LogP contribution in [-0.4, -0.2) is 46.6 Å². The largest absolute Gasteiger partial charge is 0.334 e. The van der Waals surface area contributed by atoms with Crippen LogP contribution >= 0.6 is 11.6 Å². The number of benzene rings is 1. The minimum Gasteiger partial charge on any atom is -0.323 e. The molecule has 1 fully saturated rings. The zero-order chi connectivity index (χ0) is 17.3. The number of anilines is 1. The Morgan fingerprint density at radius 2 is 1.74 bits per heavy atom. The Labute approximate surface area is 138 Å². The predicted molar refractivity (Wildman–Crippen MR) is 84.1 cm³/mol. The molecule has 0 unspecified atom stereocenters. The first-order chi connectivity index (χ1) is 10.8. The van der Waals surface area contributed by atoms with Gasteiger partial charge < -0.3 is 5.32 Å². The minimum absolute atomic E-state index is 0.0738. The maximum Gasteiger partial charge on any atom is 0.334 e. The van der Waals surface area contributed by atoms with Gasteiger partial charge in [0.25, 0.3) is 0 Å². The molecule has 0 radical (unpaired) electrons. The van der Waals surface area contributed by atoms with Crippen LogP contribution in [0.4, 0.5) is 10.5 Å². The van der Waals surface area contributed by atoms with Crippen LogP contribution in [0.3, 0.4) is 0 Å². The van der Waals surface area contributed by atoms with Gasteiger partial charge >= 0.3 is 17.8 Å². The highest BCUT2D eigenvalue weighted by Gasteiger charge is 2.44. The van der Waals surface area contributed by atoms with Crippen LogP contribution in [0.15, 0.2) is 12.1 Å². The maximum atomic E-state index is 12.1. The first kappa shape index (κ1) is 17.0. The molecule has 1 aromatic carbocycles. The molecule has 0 aliphatic carbocycles. The fourth-order valence-corrected chi connectivity index (χ4v) is 2.73. The summed E-state index contributed by atoms with van der Waals surface area (Å²) in [5.41, 5.74) is 2.12. The van der Waals surface area contributed by atoms with Gasteiger partial charge in [0.1, 0.15) is 6.54 Å². The van der Waals surface area contributed by atoms with Crippen LogP contribution in [0.25, 0.3) is 0 Å². The Bertz CT molecular complexity index is 694. The Kier molecular flexibility index (Phi) is 4.70. The summed E-state index contributed by atoms with van der Waals surface area (Å²) in [6.45, 7) is 4.76. The molecule has 1 heterocycles. The van der Waals surface area contributed by atoms with Crippen molar-refractivity contribution in [2.45, 2.75) is 20.8 Å². The molecule has 8 heteroatoms. The lowest BCUT2D eigenvalue weighted by Crippen LogP contribution is -2.39. The van der Waals surface area contributed by atoms with Crippen molar-refractivity contribution < 1.29 is 19.2 Å². The van der Waals surface area contributed by atoms with E-state index in [0.29, 0.717) is 15.6 Å². The molecule has 0 aromatic heterocycles. The van der Waals surface area contributed by atoms with E-state index >= 15 is 0 Å². The number of hydrogen-bond acceptors (Lipinski definition) is 4. The van der Waals surface area contributed by atoms with Crippen molar-refractivity contribution in [3.63, 3.8) is 0 Å². The Morgan fingerprint density at radius 3 is 2.26 bits per heavy atom. The highest BCUT2D eigenvalue weighted by atomic mass is 35.5. The summed E-state index contributed by atoms with van der Waals surface area (Å²) in [7, 11) is 0. The normalized spacial score (nSPS) is 14.7. The van der Waals surface area contributed by atoms with E-state index < -0.39 is 30.3 Å². The molecule has 1 saturated heterocycles. The summed E-state index contributed by atoms with van der Waals surface area (Å²) in [4.78, 5) is 48.8. The predicted octanol–water partition coefficient (Wildman–Crippen LogP) is 1.71. The Morgan fingerprint density at radius 1 is 1.13 bits per heavy atom. The van der Waals surface area contributed by atoms with E-state index in [0.717, 1.165) is 16.0 Å². The highest BCUT2D eigenvalue weighted by Crippen LogP contribution is 2.27. The number of urea groups is 1. The van der Waals surface area contributed by atoms with Gasteiger partial charge in [-0.25, -0.2) is 9.69 Å². The maximum absolute atomic E-state index is 12.1. The molecule has 2 rings (SSSR count). The first-order valence-corrected chi connectivity index (χ1v) is 7.38. The lowest BCUT2D eigenvalue weighted by atomic mass is 10.1. The summed E-state index contributed by atoms with van der Waals surface area (Å²) < 4.78 is 0. The molecular formula is C15H16ClN3O4. The van der Waals surface area contributed by atoms with E-state index in [-0.39, 0.29) is 6.54 Å². The van der Waals surface area contributed by atoms with Gasteiger partial charge in [-0.15, -0.1) is 0 Å². The zero-order valence-electron chi connectivity index (χ0n) is 13.0. The molecule has 1 aliphatic rings. The number of nitrogens with one attached hydrogen (secondary N) is 1. The highest BCUT2D eigenvalue weighted by molar-refractivity contribution is 6.45. The van der Waals surface area contributed by atoms with E-state index in [1.165, 1.54) is 0 Å². The number of imide groups is 2. The summed E-state index contributed by atoms with van der Waals surface area (Å²) in [5.74, 6) is -2.53. The van der Waals surface area contributed by atoms with Gasteiger partial charge in [0.05, 0.1) is 10.7 Å². The van der Waals surface area contributed by atoms with Crippen LogP contribution in [0.1, 0.15) is 18.1 Å².